The molecule has 0 amide bonds. The van der Waals surface area contributed by atoms with Crippen molar-refractivity contribution in [2.45, 2.75) is 39.7 Å². The van der Waals surface area contributed by atoms with Crippen LogP contribution in [0.5, 0.6) is 0 Å². The van der Waals surface area contributed by atoms with Crippen molar-refractivity contribution in [2.24, 2.45) is 5.92 Å². The van der Waals surface area contributed by atoms with E-state index in [-0.39, 0.29) is 0 Å². The summed E-state index contributed by atoms with van der Waals surface area (Å²) in [5, 5.41) is 8.06. The molecule has 0 aliphatic heterocycles. The van der Waals surface area contributed by atoms with Gasteiger partial charge in [-0.3, -0.25) is 0 Å². The normalized spacial score (nSPS) is 15.2. The highest BCUT2D eigenvalue weighted by Gasteiger charge is 2.19. The number of hydrogen-bond donors (Lipinski definition) is 1. The van der Waals surface area contributed by atoms with Gasteiger partial charge in [-0.05, 0) is 45.8 Å². The lowest BCUT2D eigenvalue weighted by molar-refractivity contribution is 0.377. The van der Waals surface area contributed by atoms with Gasteiger partial charge in [0.25, 0.3) is 0 Å². The van der Waals surface area contributed by atoms with E-state index >= 15 is 0 Å². The number of nitrogens with one attached hydrogen (secondary N) is 1. The van der Waals surface area contributed by atoms with Crippen LogP contribution in [0.4, 0.5) is 0 Å². The van der Waals surface area contributed by atoms with Crippen LogP contribution in [0.3, 0.4) is 0 Å². The van der Waals surface area contributed by atoms with Crippen LogP contribution < -0.4 is 5.32 Å². The molecule has 2 unspecified atom stereocenters. The lowest BCUT2D eigenvalue weighted by Gasteiger charge is -2.24. The second-order valence-electron chi connectivity index (χ2n) is 3.99. The highest BCUT2D eigenvalue weighted by atomic mass is 79.9. The minimum absolute atomic E-state index is 0.496. The van der Waals surface area contributed by atoms with Gasteiger partial charge in [-0.2, -0.15) is 11.3 Å². The van der Waals surface area contributed by atoms with Crippen molar-refractivity contribution >= 4 is 27.3 Å². The molecule has 0 spiro atoms. The van der Waals surface area contributed by atoms with E-state index in [4.69, 9.17) is 0 Å². The Hall–Kier alpha value is 0.140. The standard InChI is InChI=1S/C12H20BrNS/c1-4-6-14-12(9(3)5-2)10-7-15-8-11(10)13/h7-9,12,14H,4-6H2,1-3H3. The number of thiophene rings is 1. The molecule has 1 nitrogen and oxygen atoms in total. The van der Waals surface area contributed by atoms with E-state index in [1.807, 2.05) is 0 Å². The minimum Gasteiger partial charge on any atom is -0.310 e. The van der Waals surface area contributed by atoms with Crippen LogP contribution in [0.15, 0.2) is 15.2 Å². The van der Waals surface area contributed by atoms with E-state index in [2.05, 4.69) is 52.8 Å². The summed E-state index contributed by atoms with van der Waals surface area (Å²) in [6.45, 7) is 7.88. The first kappa shape index (κ1) is 13.2. The van der Waals surface area contributed by atoms with Gasteiger partial charge in [0.1, 0.15) is 0 Å². The van der Waals surface area contributed by atoms with Gasteiger partial charge in [0.2, 0.25) is 0 Å². The Balaban J connectivity index is 2.76. The fourth-order valence-corrected chi connectivity index (χ4v) is 3.25. The monoisotopic (exact) mass is 289 g/mol. The molecular formula is C12H20BrNS. The van der Waals surface area contributed by atoms with Gasteiger partial charge in [0.15, 0.2) is 0 Å². The van der Waals surface area contributed by atoms with Gasteiger partial charge in [0, 0.05) is 15.9 Å². The van der Waals surface area contributed by atoms with Crippen LogP contribution >= 0.6 is 27.3 Å². The zero-order valence-electron chi connectivity index (χ0n) is 9.72. The fourth-order valence-electron chi connectivity index (χ4n) is 1.67. The lowest BCUT2D eigenvalue weighted by Crippen LogP contribution is -2.27. The zero-order valence-corrected chi connectivity index (χ0v) is 12.1. The Labute approximate surface area is 105 Å². The fraction of sp³-hybridized carbons (Fsp3) is 0.667. The Morgan fingerprint density at radius 2 is 2.13 bits per heavy atom. The minimum atomic E-state index is 0.496. The second-order valence-corrected chi connectivity index (χ2v) is 5.59. The van der Waals surface area contributed by atoms with E-state index in [1.165, 1.54) is 22.9 Å². The summed E-state index contributed by atoms with van der Waals surface area (Å²) >= 11 is 5.40. The molecule has 1 N–H and O–H groups in total. The second kappa shape index (κ2) is 6.66. The molecule has 86 valence electrons. The Morgan fingerprint density at radius 3 is 2.60 bits per heavy atom. The molecule has 1 heterocycles. The predicted octanol–water partition coefficient (Wildman–Crippen LogP) is 4.60. The maximum absolute atomic E-state index is 3.64. The van der Waals surface area contributed by atoms with E-state index in [9.17, 15) is 0 Å². The molecule has 3 heteroatoms. The maximum Gasteiger partial charge on any atom is 0.0365 e. The first-order chi connectivity index (χ1) is 7.20. The van der Waals surface area contributed by atoms with Crippen molar-refractivity contribution in [1.29, 1.82) is 0 Å². The van der Waals surface area contributed by atoms with E-state index < -0.39 is 0 Å². The van der Waals surface area contributed by atoms with Crippen LogP contribution in [-0.2, 0) is 0 Å². The van der Waals surface area contributed by atoms with Crippen LogP contribution in [0.1, 0.15) is 45.2 Å². The maximum atomic E-state index is 3.64. The third kappa shape index (κ3) is 3.58. The third-order valence-electron chi connectivity index (χ3n) is 2.80. The summed E-state index contributed by atoms with van der Waals surface area (Å²) in [6.07, 6.45) is 2.40. The van der Waals surface area contributed by atoms with E-state index in [1.54, 1.807) is 11.3 Å². The summed E-state index contributed by atoms with van der Waals surface area (Å²) in [5.74, 6) is 0.683. The highest BCUT2D eigenvalue weighted by Crippen LogP contribution is 2.32. The van der Waals surface area contributed by atoms with Gasteiger partial charge in [-0.1, -0.05) is 27.2 Å². The van der Waals surface area contributed by atoms with Crippen molar-refractivity contribution in [3.8, 4) is 0 Å². The van der Waals surface area contributed by atoms with Gasteiger partial charge in [-0.25, -0.2) is 0 Å². The zero-order chi connectivity index (χ0) is 11.3. The van der Waals surface area contributed by atoms with Crippen molar-refractivity contribution in [2.75, 3.05) is 6.54 Å². The van der Waals surface area contributed by atoms with Crippen LogP contribution in [0, 0.1) is 5.92 Å². The molecule has 0 aliphatic carbocycles. The highest BCUT2D eigenvalue weighted by molar-refractivity contribution is 9.10. The first-order valence-corrected chi connectivity index (χ1v) is 7.39. The summed E-state index contributed by atoms with van der Waals surface area (Å²) in [7, 11) is 0. The van der Waals surface area contributed by atoms with Crippen molar-refractivity contribution in [1.82, 2.24) is 5.32 Å². The number of rotatable bonds is 6. The van der Waals surface area contributed by atoms with Crippen LogP contribution in [-0.4, -0.2) is 6.54 Å². The average molecular weight is 290 g/mol. The number of hydrogen-bond acceptors (Lipinski definition) is 2. The summed E-state index contributed by atoms with van der Waals surface area (Å²) in [6, 6.07) is 0.496. The molecule has 1 aromatic rings. The third-order valence-corrected chi connectivity index (χ3v) is 4.56. The smallest absolute Gasteiger partial charge is 0.0365 e. The SMILES string of the molecule is CCCNC(c1cscc1Br)C(C)CC. The Morgan fingerprint density at radius 1 is 1.40 bits per heavy atom. The van der Waals surface area contributed by atoms with Crippen LogP contribution in [0.2, 0.25) is 0 Å². The molecule has 0 saturated heterocycles. The molecule has 15 heavy (non-hydrogen) atoms. The van der Waals surface area contributed by atoms with Crippen molar-refractivity contribution in [3.05, 3.63) is 20.8 Å². The molecule has 0 fully saturated rings. The topological polar surface area (TPSA) is 12.0 Å². The Bertz CT molecular complexity index is 285. The predicted molar refractivity (Wildman–Crippen MR) is 72.5 cm³/mol. The first-order valence-electron chi connectivity index (χ1n) is 5.65. The largest absolute Gasteiger partial charge is 0.310 e. The molecule has 0 aromatic carbocycles. The van der Waals surface area contributed by atoms with Crippen molar-refractivity contribution < 1.29 is 0 Å². The molecule has 0 radical (unpaired) electrons. The molecular weight excluding hydrogens is 270 g/mol. The summed E-state index contributed by atoms with van der Waals surface area (Å²) in [4.78, 5) is 0. The van der Waals surface area contributed by atoms with Crippen LogP contribution in [0.25, 0.3) is 0 Å². The van der Waals surface area contributed by atoms with Gasteiger partial charge >= 0.3 is 0 Å². The van der Waals surface area contributed by atoms with E-state index in [0.717, 1.165) is 6.54 Å². The quantitative estimate of drug-likeness (QED) is 0.807. The summed E-state index contributed by atoms with van der Waals surface area (Å²) < 4.78 is 1.25. The molecule has 2 atom stereocenters. The average Bonchev–Trinajstić information content (AvgIpc) is 2.65. The number of halogens is 1. The molecule has 1 aromatic heterocycles. The van der Waals surface area contributed by atoms with Gasteiger partial charge < -0.3 is 5.32 Å². The van der Waals surface area contributed by atoms with Gasteiger partial charge in [0.05, 0.1) is 0 Å². The Kier molecular flexibility index (Phi) is 5.87. The molecule has 1 rings (SSSR count). The van der Waals surface area contributed by atoms with E-state index in [0.29, 0.717) is 12.0 Å². The molecule has 0 saturated carbocycles. The molecule has 0 bridgehead atoms. The van der Waals surface area contributed by atoms with Crippen molar-refractivity contribution in [3.63, 3.8) is 0 Å². The lowest BCUT2D eigenvalue weighted by atomic mass is 9.94. The molecule has 0 aliphatic rings. The summed E-state index contributed by atoms with van der Waals surface area (Å²) in [5.41, 5.74) is 1.42. The van der Waals surface area contributed by atoms with Gasteiger partial charge in [-0.15, -0.1) is 0 Å².